The Morgan fingerprint density at radius 2 is 1.78 bits per heavy atom. The summed E-state index contributed by atoms with van der Waals surface area (Å²) in [6.07, 6.45) is 1.61. The molecule has 0 saturated carbocycles. The molecule has 0 atom stereocenters. The Morgan fingerprint density at radius 3 is 2.50 bits per heavy atom. The molecular formula is C27H23BrN2O5S. The predicted molar refractivity (Wildman–Crippen MR) is 144 cm³/mol. The lowest BCUT2D eigenvalue weighted by Crippen LogP contribution is -2.36. The van der Waals surface area contributed by atoms with Crippen molar-refractivity contribution in [2.45, 2.75) is 13.5 Å². The average Bonchev–Trinajstić information content (AvgIpc) is 3.13. The number of carbonyl (C=O) groups is 3. The fourth-order valence-corrected chi connectivity index (χ4v) is 4.63. The molecule has 7 nitrogen and oxygen atoms in total. The fourth-order valence-electron chi connectivity index (χ4n) is 3.42. The highest BCUT2D eigenvalue weighted by Crippen LogP contribution is 2.35. The number of ether oxygens (including phenoxy) is 2. The van der Waals surface area contributed by atoms with Gasteiger partial charge in [-0.2, -0.15) is 0 Å². The molecule has 4 rings (SSSR count). The fraction of sp³-hybridized carbons (Fsp3) is 0.148. The van der Waals surface area contributed by atoms with E-state index in [1.807, 2.05) is 49.4 Å². The maximum Gasteiger partial charge on any atom is 0.294 e. The van der Waals surface area contributed by atoms with Gasteiger partial charge in [0.25, 0.3) is 11.1 Å². The van der Waals surface area contributed by atoms with Gasteiger partial charge in [0.1, 0.15) is 24.7 Å². The van der Waals surface area contributed by atoms with E-state index in [4.69, 9.17) is 9.47 Å². The van der Waals surface area contributed by atoms with Crippen LogP contribution < -0.4 is 14.8 Å². The molecular weight excluding hydrogens is 544 g/mol. The summed E-state index contributed by atoms with van der Waals surface area (Å²) in [6.45, 7) is 2.40. The standard InChI is InChI=1S/C27H23BrN2O5S/c1-2-34-22-11-9-21(10-12-22)29-25(31)16-30-26(32)24(36-27(30)33)15-19-14-20(28)8-13-23(19)35-17-18-6-4-3-5-7-18/h3-15H,2,16-17H2,1H3,(H,29,31)/b24-15+. The quantitative estimate of drug-likeness (QED) is 0.315. The molecule has 9 heteroatoms. The van der Waals surface area contributed by atoms with Gasteiger partial charge in [0, 0.05) is 15.7 Å². The van der Waals surface area contributed by atoms with Crippen LogP contribution in [0, 0.1) is 0 Å². The molecule has 1 N–H and O–H groups in total. The molecule has 3 amide bonds. The summed E-state index contributed by atoms with van der Waals surface area (Å²) >= 11 is 4.24. The van der Waals surface area contributed by atoms with Crippen molar-refractivity contribution in [2.24, 2.45) is 0 Å². The maximum atomic E-state index is 13.0. The minimum absolute atomic E-state index is 0.219. The summed E-state index contributed by atoms with van der Waals surface area (Å²) in [5, 5.41) is 2.19. The van der Waals surface area contributed by atoms with E-state index in [1.165, 1.54) is 0 Å². The van der Waals surface area contributed by atoms with E-state index in [0.29, 0.717) is 36.0 Å². The van der Waals surface area contributed by atoms with E-state index in [9.17, 15) is 14.4 Å². The number of rotatable bonds is 9. The van der Waals surface area contributed by atoms with Crippen molar-refractivity contribution in [3.63, 3.8) is 0 Å². The van der Waals surface area contributed by atoms with Crippen LogP contribution >= 0.6 is 27.7 Å². The number of imide groups is 1. The van der Waals surface area contributed by atoms with Crippen molar-refractivity contribution >= 4 is 56.5 Å². The molecule has 0 aromatic heterocycles. The van der Waals surface area contributed by atoms with Crippen molar-refractivity contribution in [2.75, 3.05) is 18.5 Å². The van der Waals surface area contributed by atoms with Gasteiger partial charge in [-0.25, -0.2) is 0 Å². The highest BCUT2D eigenvalue weighted by atomic mass is 79.9. The molecule has 1 aliphatic rings. The topological polar surface area (TPSA) is 84.9 Å². The van der Waals surface area contributed by atoms with Crippen LogP contribution in [0.5, 0.6) is 11.5 Å². The van der Waals surface area contributed by atoms with Gasteiger partial charge in [0.2, 0.25) is 5.91 Å². The smallest absolute Gasteiger partial charge is 0.294 e. The Balaban J connectivity index is 1.44. The first kappa shape index (κ1) is 25.5. The Morgan fingerprint density at radius 1 is 1.03 bits per heavy atom. The van der Waals surface area contributed by atoms with Gasteiger partial charge >= 0.3 is 0 Å². The molecule has 36 heavy (non-hydrogen) atoms. The number of thioether (sulfide) groups is 1. The molecule has 0 radical (unpaired) electrons. The molecule has 1 saturated heterocycles. The normalized spacial score (nSPS) is 14.3. The zero-order valence-corrected chi connectivity index (χ0v) is 21.8. The minimum atomic E-state index is -0.527. The molecule has 0 bridgehead atoms. The molecule has 0 spiro atoms. The number of benzene rings is 3. The second-order valence-electron chi connectivity index (χ2n) is 7.73. The Kier molecular flexibility index (Phi) is 8.45. The monoisotopic (exact) mass is 566 g/mol. The van der Waals surface area contributed by atoms with Gasteiger partial charge in [-0.05, 0) is 72.8 Å². The SMILES string of the molecule is CCOc1ccc(NC(=O)CN2C(=O)S/C(=C/c3cc(Br)ccc3OCc3ccccc3)C2=O)cc1. The van der Waals surface area contributed by atoms with Gasteiger partial charge in [0.05, 0.1) is 11.5 Å². The first-order chi connectivity index (χ1) is 17.4. The summed E-state index contributed by atoms with van der Waals surface area (Å²) in [5.41, 5.74) is 2.19. The second-order valence-corrected chi connectivity index (χ2v) is 9.64. The van der Waals surface area contributed by atoms with Crippen molar-refractivity contribution in [1.82, 2.24) is 4.90 Å². The third-order valence-corrected chi connectivity index (χ3v) is 6.52. The van der Waals surface area contributed by atoms with E-state index in [1.54, 1.807) is 36.4 Å². The van der Waals surface area contributed by atoms with Gasteiger partial charge in [-0.1, -0.05) is 46.3 Å². The number of anilines is 1. The lowest BCUT2D eigenvalue weighted by atomic mass is 10.1. The lowest BCUT2D eigenvalue weighted by molar-refractivity contribution is -0.127. The van der Waals surface area contributed by atoms with Crippen LogP contribution in [0.3, 0.4) is 0 Å². The third kappa shape index (κ3) is 6.56. The van der Waals surface area contributed by atoms with Crippen LogP contribution in [0.1, 0.15) is 18.1 Å². The van der Waals surface area contributed by atoms with Gasteiger partial charge in [-0.3, -0.25) is 19.3 Å². The van der Waals surface area contributed by atoms with Crippen LogP contribution in [0.25, 0.3) is 6.08 Å². The van der Waals surface area contributed by atoms with E-state index in [2.05, 4.69) is 21.2 Å². The van der Waals surface area contributed by atoms with Crippen LogP contribution in [0.15, 0.2) is 82.2 Å². The molecule has 0 aliphatic carbocycles. The summed E-state index contributed by atoms with van der Waals surface area (Å²) < 4.78 is 12.2. The number of carbonyl (C=O) groups excluding carboxylic acids is 3. The van der Waals surface area contributed by atoms with Crippen molar-refractivity contribution < 1.29 is 23.9 Å². The number of hydrogen-bond donors (Lipinski definition) is 1. The Hall–Kier alpha value is -3.56. The molecule has 1 fully saturated rings. The zero-order chi connectivity index (χ0) is 25.5. The van der Waals surface area contributed by atoms with E-state index in [-0.39, 0.29) is 11.4 Å². The van der Waals surface area contributed by atoms with Crippen molar-refractivity contribution in [3.05, 3.63) is 93.3 Å². The number of halogens is 1. The summed E-state index contributed by atoms with van der Waals surface area (Å²) in [6, 6.07) is 22.0. The maximum absolute atomic E-state index is 13.0. The van der Waals surface area contributed by atoms with Gasteiger partial charge < -0.3 is 14.8 Å². The zero-order valence-electron chi connectivity index (χ0n) is 19.4. The number of hydrogen-bond acceptors (Lipinski definition) is 6. The number of nitrogens with one attached hydrogen (secondary N) is 1. The van der Waals surface area contributed by atoms with E-state index in [0.717, 1.165) is 26.7 Å². The molecule has 1 aliphatic heterocycles. The first-order valence-corrected chi connectivity index (χ1v) is 12.8. The van der Waals surface area contributed by atoms with Crippen LogP contribution in [0.4, 0.5) is 10.5 Å². The van der Waals surface area contributed by atoms with E-state index < -0.39 is 17.1 Å². The van der Waals surface area contributed by atoms with Crippen molar-refractivity contribution in [3.8, 4) is 11.5 Å². The van der Waals surface area contributed by atoms with E-state index >= 15 is 0 Å². The average molecular weight is 567 g/mol. The highest BCUT2D eigenvalue weighted by molar-refractivity contribution is 9.10. The lowest BCUT2D eigenvalue weighted by Gasteiger charge is -2.13. The molecule has 0 unspecified atom stereocenters. The highest BCUT2D eigenvalue weighted by Gasteiger charge is 2.36. The number of amides is 3. The predicted octanol–water partition coefficient (Wildman–Crippen LogP) is 6.10. The molecule has 3 aromatic carbocycles. The largest absolute Gasteiger partial charge is 0.494 e. The molecule has 184 valence electrons. The minimum Gasteiger partial charge on any atom is -0.494 e. The Bertz CT molecular complexity index is 1300. The summed E-state index contributed by atoms with van der Waals surface area (Å²) in [7, 11) is 0. The molecule has 3 aromatic rings. The number of nitrogens with zero attached hydrogens (tertiary/aromatic N) is 1. The summed E-state index contributed by atoms with van der Waals surface area (Å²) in [5.74, 6) is 0.256. The second kappa shape index (κ2) is 11.9. The van der Waals surface area contributed by atoms with Gasteiger partial charge in [-0.15, -0.1) is 0 Å². The van der Waals surface area contributed by atoms with Crippen molar-refractivity contribution in [1.29, 1.82) is 0 Å². The van der Waals surface area contributed by atoms with Crippen LogP contribution in [-0.4, -0.2) is 35.1 Å². The van der Waals surface area contributed by atoms with Gasteiger partial charge in [0.15, 0.2) is 0 Å². The Labute approximate surface area is 221 Å². The third-order valence-electron chi connectivity index (χ3n) is 5.12. The van der Waals surface area contributed by atoms with Crippen LogP contribution in [-0.2, 0) is 16.2 Å². The first-order valence-electron chi connectivity index (χ1n) is 11.2. The summed E-state index contributed by atoms with van der Waals surface area (Å²) in [4.78, 5) is 39.2. The van der Waals surface area contributed by atoms with Crippen LogP contribution in [0.2, 0.25) is 0 Å². The molecule has 1 heterocycles.